The summed E-state index contributed by atoms with van der Waals surface area (Å²) in [6.45, 7) is 0.0516. The third kappa shape index (κ3) is 2.48. The number of rotatable bonds is 3. The lowest BCUT2D eigenvalue weighted by Crippen LogP contribution is -2.18. The first-order valence-corrected chi connectivity index (χ1v) is 4.87. The number of ether oxygens (including phenoxy) is 2. The van der Waals surface area contributed by atoms with Crippen molar-refractivity contribution in [2.24, 2.45) is 0 Å². The van der Waals surface area contributed by atoms with E-state index in [1.54, 1.807) is 30.3 Å². The van der Waals surface area contributed by atoms with Crippen molar-refractivity contribution in [1.29, 1.82) is 0 Å². The molecule has 0 bridgehead atoms. The highest BCUT2D eigenvalue weighted by atomic mass is 16.6. The Morgan fingerprint density at radius 1 is 1.31 bits per heavy atom. The quantitative estimate of drug-likeness (QED) is 0.718. The van der Waals surface area contributed by atoms with Crippen LogP contribution in [0.5, 0.6) is 0 Å². The Labute approximate surface area is 92.5 Å². The van der Waals surface area contributed by atoms with Crippen LogP contribution in [0.15, 0.2) is 42.5 Å². The van der Waals surface area contributed by atoms with Crippen LogP contribution in [0.3, 0.4) is 0 Å². The van der Waals surface area contributed by atoms with Gasteiger partial charge in [-0.05, 0) is 18.2 Å². The summed E-state index contributed by atoms with van der Waals surface area (Å²) in [6.07, 6.45) is 2.43. The maximum atomic E-state index is 11.5. The van der Waals surface area contributed by atoms with Crippen LogP contribution in [-0.2, 0) is 14.3 Å². The summed E-state index contributed by atoms with van der Waals surface area (Å²) < 4.78 is 9.81. The second-order valence-electron chi connectivity index (χ2n) is 3.30. The number of hydrogen-bond acceptors (Lipinski definition) is 4. The van der Waals surface area contributed by atoms with Crippen LogP contribution in [-0.4, -0.2) is 24.6 Å². The van der Waals surface area contributed by atoms with Gasteiger partial charge in [0.15, 0.2) is 6.10 Å². The van der Waals surface area contributed by atoms with Crippen molar-refractivity contribution in [3.05, 3.63) is 48.0 Å². The topological polar surface area (TPSA) is 52.6 Å². The van der Waals surface area contributed by atoms with E-state index in [4.69, 9.17) is 9.47 Å². The van der Waals surface area contributed by atoms with Gasteiger partial charge >= 0.3 is 11.9 Å². The molecular weight excluding hydrogens is 208 g/mol. The molecule has 1 aliphatic heterocycles. The maximum Gasteiger partial charge on any atom is 0.338 e. The predicted octanol–water partition coefficient (Wildman–Crippen LogP) is 1.32. The van der Waals surface area contributed by atoms with Crippen molar-refractivity contribution in [2.45, 2.75) is 6.10 Å². The van der Waals surface area contributed by atoms with Gasteiger partial charge in [0, 0.05) is 6.08 Å². The Kier molecular flexibility index (Phi) is 3.00. The summed E-state index contributed by atoms with van der Waals surface area (Å²) in [5.41, 5.74) is 0.482. The number of esters is 2. The highest BCUT2D eigenvalue weighted by Gasteiger charge is 2.18. The fourth-order valence-corrected chi connectivity index (χ4v) is 1.32. The highest BCUT2D eigenvalue weighted by molar-refractivity contribution is 5.89. The molecule has 2 rings (SSSR count). The number of benzene rings is 1. The fraction of sp³-hybridized carbons (Fsp3) is 0.167. The molecule has 82 valence electrons. The van der Waals surface area contributed by atoms with E-state index in [0.29, 0.717) is 5.56 Å². The molecule has 4 heteroatoms. The van der Waals surface area contributed by atoms with Crippen molar-refractivity contribution < 1.29 is 19.1 Å². The van der Waals surface area contributed by atoms with Crippen LogP contribution in [0.4, 0.5) is 0 Å². The minimum absolute atomic E-state index is 0.0516. The monoisotopic (exact) mass is 218 g/mol. The van der Waals surface area contributed by atoms with Crippen molar-refractivity contribution in [1.82, 2.24) is 0 Å². The molecule has 1 heterocycles. The molecule has 0 saturated carbocycles. The Morgan fingerprint density at radius 3 is 2.69 bits per heavy atom. The van der Waals surface area contributed by atoms with Crippen LogP contribution in [0.2, 0.25) is 0 Å². The van der Waals surface area contributed by atoms with Crippen molar-refractivity contribution >= 4 is 11.9 Å². The molecule has 16 heavy (non-hydrogen) atoms. The summed E-state index contributed by atoms with van der Waals surface area (Å²) >= 11 is 0. The molecule has 0 amide bonds. The minimum Gasteiger partial charge on any atom is -0.458 e. The van der Waals surface area contributed by atoms with Gasteiger partial charge in [0.05, 0.1) is 5.56 Å². The van der Waals surface area contributed by atoms with Gasteiger partial charge in [-0.15, -0.1) is 0 Å². The smallest absolute Gasteiger partial charge is 0.338 e. The normalized spacial score (nSPS) is 18.2. The third-order valence-electron chi connectivity index (χ3n) is 2.10. The Hall–Kier alpha value is -2.10. The molecule has 4 nitrogen and oxygen atoms in total. The first-order valence-electron chi connectivity index (χ1n) is 4.87. The van der Waals surface area contributed by atoms with Gasteiger partial charge in [0.2, 0.25) is 0 Å². The standard InChI is InChI=1S/C12H10O4/c13-11-7-6-10(16-11)8-15-12(14)9-4-2-1-3-5-9/h1-7,10H,8H2. The molecule has 1 aromatic rings. The molecule has 0 spiro atoms. The lowest BCUT2D eigenvalue weighted by molar-refractivity contribution is -0.140. The van der Waals surface area contributed by atoms with E-state index in [1.165, 1.54) is 6.08 Å². The van der Waals surface area contributed by atoms with Crippen molar-refractivity contribution in [3.8, 4) is 0 Å². The lowest BCUT2D eigenvalue weighted by atomic mass is 10.2. The molecule has 0 N–H and O–H groups in total. The van der Waals surface area contributed by atoms with Gasteiger partial charge in [-0.1, -0.05) is 18.2 Å². The highest BCUT2D eigenvalue weighted by Crippen LogP contribution is 2.07. The van der Waals surface area contributed by atoms with Crippen molar-refractivity contribution in [2.75, 3.05) is 6.61 Å². The summed E-state index contributed by atoms with van der Waals surface area (Å²) in [5, 5.41) is 0. The van der Waals surface area contributed by atoms with Gasteiger partial charge in [0.25, 0.3) is 0 Å². The Bertz CT molecular complexity index is 422. The average Bonchev–Trinajstić information content (AvgIpc) is 2.73. The van der Waals surface area contributed by atoms with Gasteiger partial charge in [-0.2, -0.15) is 0 Å². The van der Waals surface area contributed by atoms with Crippen LogP contribution < -0.4 is 0 Å². The molecule has 1 aromatic carbocycles. The second-order valence-corrected chi connectivity index (χ2v) is 3.30. The molecule has 0 radical (unpaired) electrons. The molecular formula is C12H10O4. The van der Waals surface area contributed by atoms with Crippen LogP contribution in [0, 0.1) is 0 Å². The number of cyclic esters (lactones) is 1. The van der Waals surface area contributed by atoms with E-state index >= 15 is 0 Å². The van der Waals surface area contributed by atoms with Gasteiger partial charge < -0.3 is 9.47 Å². The minimum atomic E-state index is -0.458. The Balaban J connectivity index is 1.85. The summed E-state index contributed by atoms with van der Waals surface area (Å²) in [6, 6.07) is 8.66. The molecule has 1 atom stereocenters. The SMILES string of the molecule is O=C1C=CC(COC(=O)c2ccccc2)O1. The Morgan fingerprint density at radius 2 is 2.06 bits per heavy atom. The zero-order valence-electron chi connectivity index (χ0n) is 8.46. The second kappa shape index (κ2) is 4.61. The van der Waals surface area contributed by atoms with E-state index in [-0.39, 0.29) is 6.61 Å². The predicted molar refractivity (Wildman–Crippen MR) is 55.7 cm³/mol. The summed E-state index contributed by atoms with van der Waals surface area (Å²) in [4.78, 5) is 22.2. The average molecular weight is 218 g/mol. The molecule has 1 unspecified atom stereocenters. The van der Waals surface area contributed by atoms with Crippen LogP contribution in [0.25, 0.3) is 0 Å². The first kappa shape index (κ1) is 10.4. The van der Waals surface area contributed by atoms with Gasteiger partial charge in [-0.25, -0.2) is 9.59 Å². The van der Waals surface area contributed by atoms with E-state index in [9.17, 15) is 9.59 Å². The number of carbonyl (C=O) groups excluding carboxylic acids is 2. The van der Waals surface area contributed by atoms with E-state index in [2.05, 4.69) is 0 Å². The van der Waals surface area contributed by atoms with Crippen LogP contribution >= 0.6 is 0 Å². The largest absolute Gasteiger partial charge is 0.458 e. The fourth-order valence-electron chi connectivity index (χ4n) is 1.32. The van der Waals surface area contributed by atoms with Gasteiger partial charge in [-0.3, -0.25) is 0 Å². The molecule has 0 fully saturated rings. The third-order valence-corrected chi connectivity index (χ3v) is 2.10. The van der Waals surface area contributed by atoms with Crippen LogP contribution in [0.1, 0.15) is 10.4 Å². The molecule has 1 aliphatic rings. The molecule has 0 saturated heterocycles. The first-order chi connectivity index (χ1) is 7.75. The van der Waals surface area contributed by atoms with E-state index in [1.807, 2.05) is 6.07 Å². The van der Waals surface area contributed by atoms with E-state index in [0.717, 1.165) is 0 Å². The molecule has 0 aliphatic carbocycles. The van der Waals surface area contributed by atoms with Gasteiger partial charge in [0.1, 0.15) is 6.61 Å². The summed E-state index contributed by atoms with van der Waals surface area (Å²) in [5.74, 6) is -0.822. The zero-order chi connectivity index (χ0) is 11.4. The number of hydrogen-bond donors (Lipinski definition) is 0. The zero-order valence-corrected chi connectivity index (χ0v) is 8.46. The molecule has 0 aromatic heterocycles. The van der Waals surface area contributed by atoms with Crippen molar-refractivity contribution in [3.63, 3.8) is 0 Å². The summed E-state index contributed by atoms with van der Waals surface area (Å²) in [7, 11) is 0. The number of carbonyl (C=O) groups is 2. The lowest BCUT2D eigenvalue weighted by Gasteiger charge is -2.09. The maximum absolute atomic E-state index is 11.5. The van der Waals surface area contributed by atoms with E-state index < -0.39 is 18.0 Å².